The van der Waals surface area contributed by atoms with Gasteiger partial charge in [-0.1, -0.05) is 29.8 Å². The van der Waals surface area contributed by atoms with Gasteiger partial charge in [0.15, 0.2) is 5.13 Å². The molecule has 0 atom stereocenters. The van der Waals surface area contributed by atoms with Crippen molar-refractivity contribution in [2.45, 2.75) is 20.0 Å². The second-order valence-corrected chi connectivity index (χ2v) is 8.66. The number of hydrogen-bond acceptors (Lipinski definition) is 4. The third-order valence-corrected chi connectivity index (χ3v) is 6.29. The van der Waals surface area contributed by atoms with Crippen LogP contribution in [-0.2, 0) is 13.1 Å². The summed E-state index contributed by atoms with van der Waals surface area (Å²) in [6.07, 6.45) is 0. The van der Waals surface area contributed by atoms with Crippen molar-refractivity contribution >= 4 is 22.2 Å². The molecular weight excluding hydrogens is 378 g/mol. The molecule has 148 valence electrons. The Kier molecular flexibility index (Phi) is 6.20. The van der Waals surface area contributed by atoms with E-state index in [-0.39, 0.29) is 0 Å². The van der Waals surface area contributed by atoms with Gasteiger partial charge in [0.1, 0.15) is 45.0 Å². The SMILES string of the molecule is Cc1ccc(Nc2nc(C[NH+]3CC[NH+](Cc4ccc(C#N)cc4)CC3)cs2)cc1. The number of nitriles is 1. The number of quaternary nitrogens is 2. The van der Waals surface area contributed by atoms with Crippen LogP contribution in [0.5, 0.6) is 0 Å². The lowest BCUT2D eigenvalue weighted by molar-refractivity contribution is -1.02. The molecule has 0 spiro atoms. The van der Waals surface area contributed by atoms with Crippen LogP contribution in [0.2, 0.25) is 0 Å². The molecule has 4 rings (SSSR count). The number of nitrogens with zero attached hydrogens (tertiary/aromatic N) is 2. The summed E-state index contributed by atoms with van der Waals surface area (Å²) in [6.45, 7) is 8.83. The fourth-order valence-electron chi connectivity index (χ4n) is 3.76. The van der Waals surface area contributed by atoms with E-state index in [4.69, 9.17) is 10.2 Å². The summed E-state index contributed by atoms with van der Waals surface area (Å²) in [5.74, 6) is 0. The zero-order chi connectivity index (χ0) is 20.1. The summed E-state index contributed by atoms with van der Waals surface area (Å²) in [4.78, 5) is 8.01. The summed E-state index contributed by atoms with van der Waals surface area (Å²) in [6, 6.07) is 18.6. The molecule has 3 N–H and O–H groups in total. The smallest absolute Gasteiger partial charge is 0.187 e. The summed E-state index contributed by atoms with van der Waals surface area (Å²) in [5.41, 5.74) is 5.57. The number of anilines is 2. The first-order chi connectivity index (χ1) is 14.2. The maximum Gasteiger partial charge on any atom is 0.187 e. The molecule has 1 aromatic heterocycles. The van der Waals surface area contributed by atoms with Gasteiger partial charge in [-0.15, -0.1) is 11.3 Å². The lowest BCUT2D eigenvalue weighted by Gasteiger charge is -2.29. The van der Waals surface area contributed by atoms with E-state index in [2.05, 4.69) is 60.1 Å². The standard InChI is InChI=1S/C23H25N5S/c1-18-2-8-21(9-3-18)25-23-26-22(17-29-23)16-28-12-10-27(11-13-28)15-20-6-4-19(14-24)5-7-20/h2-9,17H,10-13,15-16H2,1H3,(H,25,26)/p+2. The van der Waals surface area contributed by atoms with E-state index in [9.17, 15) is 0 Å². The Morgan fingerprint density at radius 3 is 2.28 bits per heavy atom. The maximum atomic E-state index is 8.92. The third-order valence-electron chi connectivity index (χ3n) is 5.49. The van der Waals surface area contributed by atoms with E-state index in [1.807, 2.05) is 12.1 Å². The minimum Gasteiger partial charge on any atom is -0.332 e. The Labute approximate surface area is 176 Å². The predicted octanol–water partition coefficient (Wildman–Crippen LogP) is 1.55. The zero-order valence-corrected chi connectivity index (χ0v) is 17.6. The summed E-state index contributed by atoms with van der Waals surface area (Å²) in [7, 11) is 0. The second kappa shape index (κ2) is 9.19. The third kappa shape index (κ3) is 5.42. The number of rotatable bonds is 6. The molecule has 1 fully saturated rings. The number of benzene rings is 2. The van der Waals surface area contributed by atoms with E-state index < -0.39 is 0 Å². The van der Waals surface area contributed by atoms with Crippen LogP contribution in [0.4, 0.5) is 10.8 Å². The zero-order valence-electron chi connectivity index (χ0n) is 16.7. The van der Waals surface area contributed by atoms with Crippen molar-refractivity contribution in [2.24, 2.45) is 0 Å². The fraction of sp³-hybridized carbons (Fsp3) is 0.304. The first-order valence-corrected chi connectivity index (χ1v) is 11.0. The average Bonchev–Trinajstić information content (AvgIpc) is 3.18. The van der Waals surface area contributed by atoms with Gasteiger partial charge in [0, 0.05) is 16.6 Å². The quantitative estimate of drug-likeness (QED) is 0.583. The molecule has 0 unspecified atom stereocenters. The van der Waals surface area contributed by atoms with E-state index in [1.54, 1.807) is 21.1 Å². The minimum absolute atomic E-state index is 0.734. The van der Waals surface area contributed by atoms with Crippen LogP contribution in [0.25, 0.3) is 0 Å². The molecule has 0 saturated carbocycles. The predicted molar refractivity (Wildman–Crippen MR) is 117 cm³/mol. The molecule has 2 heterocycles. The van der Waals surface area contributed by atoms with E-state index >= 15 is 0 Å². The first-order valence-electron chi connectivity index (χ1n) is 10.1. The van der Waals surface area contributed by atoms with Gasteiger partial charge in [0.2, 0.25) is 0 Å². The van der Waals surface area contributed by atoms with Crippen molar-refractivity contribution < 1.29 is 9.80 Å². The normalized spacial score (nSPS) is 18.9. The van der Waals surface area contributed by atoms with Crippen molar-refractivity contribution in [3.63, 3.8) is 0 Å². The van der Waals surface area contributed by atoms with Crippen molar-refractivity contribution in [3.8, 4) is 6.07 Å². The molecule has 0 aliphatic carbocycles. The molecule has 0 radical (unpaired) electrons. The lowest BCUT2D eigenvalue weighted by atomic mass is 10.1. The van der Waals surface area contributed by atoms with E-state index in [1.165, 1.54) is 43.0 Å². The Balaban J connectivity index is 1.25. The number of hydrogen-bond donors (Lipinski definition) is 3. The van der Waals surface area contributed by atoms with Crippen LogP contribution in [0.3, 0.4) is 0 Å². The number of aromatic nitrogens is 1. The van der Waals surface area contributed by atoms with Crippen molar-refractivity contribution in [2.75, 3.05) is 31.5 Å². The highest BCUT2D eigenvalue weighted by Gasteiger charge is 2.23. The Hall–Kier alpha value is -2.72. The highest BCUT2D eigenvalue weighted by molar-refractivity contribution is 7.13. The van der Waals surface area contributed by atoms with Crippen LogP contribution in [0, 0.1) is 18.3 Å². The Bertz CT molecular complexity index is 964. The minimum atomic E-state index is 0.734. The van der Waals surface area contributed by atoms with Gasteiger partial charge < -0.3 is 15.1 Å². The molecule has 29 heavy (non-hydrogen) atoms. The maximum absolute atomic E-state index is 8.92. The van der Waals surface area contributed by atoms with Crippen molar-refractivity contribution in [1.29, 1.82) is 5.26 Å². The first kappa shape index (κ1) is 19.6. The van der Waals surface area contributed by atoms with Gasteiger partial charge in [0.05, 0.1) is 11.6 Å². The highest BCUT2D eigenvalue weighted by atomic mass is 32.1. The molecular formula is C23H27N5S+2. The number of nitrogens with one attached hydrogen (secondary N) is 3. The average molecular weight is 406 g/mol. The molecule has 1 saturated heterocycles. The van der Waals surface area contributed by atoms with Gasteiger partial charge in [-0.05, 0) is 31.2 Å². The molecule has 1 aliphatic rings. The molecule has 0 amide bonds. The summed E-state index contributed by atoms with van der Waals surface area (Å²) < 4.78 is 0. The molecule has 1 aliphatic heterocycles. The van der Waals surface area contributed by atoms with Crippen LogP contribution in [-0.4, -0.2) is 31.2 Å². The van der Waals surface area contributed by atoms with Gasteiger partial charge in [0.25, 0.3) is 0 Å². The highest BCUT2D eigenvalue weighted by Crippen LogP contribution is 2.20. The van der Waals surface area contributed by atoms with Crippen molar-refractivity contribution in [1.82, 2.24) is 4.98 Å². The summed E-state index contributed by atoms with van der Waals surface area (Å²) >= 11 is 1.68. The number of piperazine rings is 1. The largest absolute Gasteiger partial charge is 0.332 e. The van der Waals surface area contributed by atoms with E-state index in [0.29, 0.717) is 0 Å². The molecule has 5 nitrogen and oxygen atoms in total. The molecule has 3 aromatic rings. The van der Waals surface area contributed by atoms with Gasteiger partial charge >= 0.3 is 0 Å². The van der Waals surface area contributed by atoms with Crippen molar-refractivity contribution in [3.05, 3.63) is 76.3 Å². The van der Waals surface area contributed by atoms with Crippen LogP contribution in [0.1, 0.15) is 22.4 Å². The second-order valence-electron chi connectivity index (χ2n) is 7.80. The van der Waals surface area contributed by atoms with E-state index in [0.717, 1.165) is 29.5 Å². The van der Waals surface area contributed by atoms with Crippen LogP contribution >= 0.6 is 11.3 Å². The molecule has 6 heteroatoms. The fourth-order valence-corrected chi connectivity index (χ4v) is 4.49. The topological polar surface area (TPSA) is 57.6 Å². The lowest BCUT2D eigenvalue weighted by Crippen LogP contribution is -3.27. The number of aryl methyl sites for hydroxylation is 1. The summed E-state index contributed by atoms with van der Waals surface area (Å²) in [5, 5.41) is 15.5. The van der Waals surface area contributed by atoms with Crippen LogP contribution < -0.4 is 15.1 Å². The Morgan fingerprint density at radius 2 is 1.62 bits per heavy atom. The monoisotopic (exact) mass is 405 g/mol. The van der Waals surface area contributed by atoms with Gasteiger partial charge in [-0.2, -0.15) is 5.26 Å². The number of thiazole rings is 1. The van der Waals surface area contributed by atoms with Crippen LogP contribution in [0.15, 0.2) is 53.9 Å². The van der Waals surface area contributed by atoms with Gasteiger partial charge in [-0.3, -0.25) is 0 Å². The molecule has 2 aromatic carbocycles. The molecule has 0 bridgehead atoms. The Morgan fingerprint density at radius 1 is 0.966 bits per heavy atom. The van der Waals surface area contributed by atoms with Gasteiger partial charge in [-0.25, -0.2) is 4.98 Å².